The third kappa shape index (κ3) is 5.75. The number of ether oxygens (including phenoxy) is 1. The molecule has 1 rings (SSSR count). The summed E-state index contributed by atoms with van der Waals surface area (Å²) in [5, 5.41) is 6.06. The van der Waals surface area contributed by atoms with Crippen LogP contribution in [0.5, 0.6) is 0 Å². The second kappa shape index (κ2) is 5.89. The number of amides is 1. The van der Waals surface area contributed by atoms with Crippen LogP contribution in [0.2, 0.25) is 0 Å². The molecule has 4 nitrogen and oxygen atoms in total. The summed E-state index contributed by atoms with van der Waals surface area (Å²) in [7, 11) is 0. The van der Waals surface area contributed by atoms with E-state index in [0.29, 0.717) is 6.54 Å². The van der Waals surface area contributed by atoms with Crippen LogP contribution in [0.3, 0.4) is 0 Å². The molecule has 1 aliphatic rings. The summed E-state index contributed by atoms with van der Waals surface area (Å²) in [5.74, 6) is 0. The molecule has 0 aromatic carbocycles. The van der Waals surface area contributed by atoms with Gasteiger partial charge in [0.15, 0.2) is 0 Å². The smallest absolute Gasteiger partial charge is 0.407 e. The predicted octanol–water partition coefficient (Wildman–Crippen LogP) is 1.82. The number of carbonyl (C=O) groups is 1. The van der Waals surface area contributed by atoms with Crippen molar-refractivity contribution in [3.05, 3.63) is 11.6 Å². The lowest BCUT2D eigenvalue weighted by atomic mass is 10.1. The van der Waals surface area contributed by atoms with Gasteiger partial charge in [0.2, 0.25) is 0 Å². The number of carbonyl (C=O) groups excluding carboxylic acids is 1. The Kier molecular flexibility index (Phi) is 4.80. The Morgan fingerprint density at radius 3 is 2.88 bits per heavy atom. The first-order chi connectivity index (χ1) is 7.47. The topological polar surface area (TPSA) is 50.4 Å². The van der Waals surface area contributed by atoms with Crippen LogP contribution >= 0.6 is 0 Å². The summed E-state index contributed by atoms with van der Waals surface area (Å²) in [5.41, 5.74) is 0.942. The van der Waals surface area contributed by atoms with Crippen LogP contribution in [-0.4, -0.2) is 31.3 Å². The van der Waals surface area contributed by atoms with Gasteiger partial charge < -0.3 is 15.4 Å². The van der Waals surface area contributed by atoms with Crippen molar-refractivity contribution < 1.29 is 9.53 Å². The standard InChI is InChI=1S/C12H22N2O2/c1-12(2,3)16-11(15)14-8-6-10-5-4-7-13-9-10/h5,13H,4,6-9H2,1-3H3,(H,14,15). The highest BCUT2D eigenvalue weighted by molar-refractivity contribution is 5.67. The summed E-state index contributed by atoms with van der Waals surface area (Å²) in [6.07, 6.45) is 3.89. The fourth-order valence-electron chi connectivity index (χ4n) is 1.53. The van der Waals surface area contributed by atoms with E-state index in [2.05, 4.69) is 16.7 Å². The average molecular weight is 226 g/mol. The third-order valence-electron chi connectivity index (χ3n) is 2.22. The zero-order valence-electron chi connectivity index (χ0n) is 10.4. The lowest BCUT2D eigenvalue weighted by molar-refractivity contribution is 0.0528. The van der Waals surface area contributed by atoms with Crippen molar-refractivity contribution in [2.75, 3.05) is 19.6 Å². The molecule has 1 aliphatic heterocycles. The molecule has 4 heteroatoms. The van der Waals surface area contributed by atoms with Crippen LogP contribution < -0.4 is 10.6 Å². The first-order valence-corrected chi connectivity index (χ1v) is 5.83. The number of alkyl carbamates (subject to hydrolysis) is 1. The Hall–Kier alpha value is -1.03. The van der Waals surface area contributed by atoms with E-state index in [1.807, 2.05) is 20.8 Å². The van der Waals surface area contributed by atoms with E-state index in [1.54, 1.807) is 0 Å². The maximum atomic E-state index is 11.3. The number of hydrogen-bond donors (Lipinski definition) is 2. The lowest BCUT2D eigenvalue weighted by Crippen LogP contribution is -2.33. The molecule has 2 N–H and O–H groups in total. The first-order valence-electron chi connectivity index (χ1n) is 5.83. The van der Waals surface area contributed by atoms with Crippen molar-refractivity contribution in [3.8, 4) is 0 Å². The van der Waals surface area contributed by atoms with Gasteiger partial charge in [-0.15, -0.1) is 0 Å². The Morgan fingerprint density at radius 1 is 1.56 bits per heavy atom. The summed E-state index contributed by atoms with van der Waals surface area (Å²) >= 11 is 0. The van der Waals surface area contributed by atoms with Crippen LogP contribution in [0, 0.1) is 0 Å². The Morgan fingerprint density at radius 2 is 2.31 bits per heavy atom. The van der Waals surface area contributed by atoms with Gasteiger partial charge in [0.05, 0.1) is 0 Å². The normalized spacial score (nSPS) is 16.6. The summed E-state index contributed by atoms with van der Waals surface area (Å²) < 4.78 is 5.14. The van der Waals surface area contributed by atoms with Crippen molar-refractivity contribution >= 4 is 6.09 Å². The van der Waals surface area contributed by atoms with Gasteiger partial charge in [0, 0.05) is 13.1 Å². The minimum Gasteiger partial charge on any atom is -0.444 e. The molecular formula is C12H22N2O2. The van der Waals surface area contributed by atoms with Gasteiger partial charge in [-0.3, -0.25) is 0 Å². The van der Waals surface area contributed by atoms with Gasteiger partial charge >= 0.3 is 6.09 Å². The Labute approximate surface area is 97.4 Å². The molecule has 0 atom stereocenters. The molecule has 16 heavy (non-hydrogen) atoms. The Bertz CT molecular complexity index is 267. The minimum atomic E-state index is -0.421. The molecule has 0 saturated heterocycles. The molecule has 0 aliphatic carbocycles. The molecule has 1 amide bonds. The monoisotopic (exact) mass is 226 g/mol. The molecule has 92 valence electrons. The van der Waals surface area contributed by atoms with Crippen molar-refractivity contribution in [1.29, 1.82) is 0 Å². The highest BCUT2D eigenvalue weighted by Crippen LogP contribution is 2.07. The van der Waals surface area contributed by atoms with E-state index in [4.69, 9.17) is 4.74 Å². The van der Waals surface area contributed by atoms with Crippen LogP contribution in [-0.2, 0) is 4.74 Å². The SMILES string of the molecule is CC(C)(C)OC(=O)NCCC1=CCCNC1. The quantitative estimate of drug-likeness (QED) is 0.722. The lowest BCUT2D eigenvalue weighted by Gasteiger charge is -2.20. The van der Waals surface area contributed by atoms with E-state index in [-0.39, 0.29) is 6.09 Å². The zero-order chi connectivity index (χ0) is 12.0. The van der Waals surface area contributed by atoms with Gasteiger partial charge in [0.25, 0.3) is 0 Å². The van der Waals surface area contributed by atoms with E-state index in [1.165, 1.54) is 5.57 Å². The largest absolute Gasteiger partial charge is 0.444 e. The molecule has 0 aromatic heterocycles. The third-order valence-corrected chi connectivity index (χ3v) is 2.22. The summed E-state index contributed by atoms with van der Waals surface area (Å²) in [6.45, 7) is 8.22. The highest BCUT2D eigenvalue weighted by Gasteiger charge is 2.15. The van der Waals surface area contributed by atoms with E-state index < -0.39 is 5.60 Å². The second-order valence-corrected chi connectivity index (χ2v) is 5.01. The Balaban J connectivity index is 2.15. The molecule has 0 bridgehead atoms. The van der Waals surface area contributed by atoms with Gasteiger partial charge in [-0.2, -0.15) is 0 Å². The van der Waals surface area contributed by atoms with Gasteiger partial charge in [-0.25, -0.2) is 4.79 Å². The van der Waals surface area contributed by atoms with Crippen LogP contribution in [0.15, 0.2) is 11.6 Å². The van der Waals surface area contributed by atoms with Crippen molar-refractivity contribution in [2.24, 2.45) is 0 Å². The minimum absolute atomic E-state index is 0.336. The summed E-state index contributed by atoms with van der Waals surface area (Å²) in [4.78, 5) is 11.3. The molecule has 0 spiro atoms. The van der Waals surface area contributed by atoms with E-state index >= 15 is 0 Å². The maximum absolute atomic E-state index is 11.3. The van der Waals surface area contributed by atoms with E-state index in [9.17, 15) is 4.79 Å². The average Bonchev–Trinajstić information content (AvgIpc) is 2.16. The van der Waals surface area contributed by atoms with Crippen molar-refractivity contribution in [2.45, 2.75) is 39.2 Å². The molecular weight excluding hydrogens is 204 g/mol. The highest BCUT2D eigenvalue weighted by atomic mass is 16.6. The van der Waals surface area contributed by atoms with Crippen LogP contribution in [0.1, 0.15) is 33.6 Å². The fourth-order valence-corrected chi connectivity index (χ4v) is 1.53. The fraction of sp³-hybridized carbons (Fsp3) is 0.750. The van der Waals surface area contributed by atoms with E-state index in [0.717, 1.165) is 25.9 Å². The molecule has 0 aromatic rings. The van der Waals surface area contributed by atoms with Crippen LogP contribution in [0.4, 0.5) is 4.79 Å². The molecule has 0 radical (unpaired) electrons. The second-order valence-electron chi connectivity index (χ2n) is 5.01. The van der Waals surface area contributed by atoms with Gasteiger partial charge in [-0.05, 0) is 40.2 Å². The van der Waals surface area contributed by atoms with Crippen molar-refractivity contribution in [3.63, 3.8) is 0 Å². The molecule has 1 heterocycles. The van der Waals surface area contributed by atoms with Crippen molar-refractivity contribution in [1.82, 2.24) is 10.6 Å². The van der Waals surface area contributed by atoms with Gasteiger partial charge in [0.1, 0.15) is 5.60 Å². The molecule has 0 fully saturated rings. The van der Waals surface area contributed by atoms with Crippen LogP contribution in [0.25, 0.3) is 0 Å². The molecule has 0 saturated carbocycles. The number of rotatable bonds is 3. The number of nitrogens with one attached hydrogen (secondary N) is 2. The molecule has 0 unspecified atom stereocenters. The van der Waals surface area contributed by atoms with Gasteiger partial charge in [-0.1, -0.05) is 11.6 Å². The number of hydrogen-bond acceptors (Lipinski definition) is 3. The predicted molar refractivity (Wildman–Crippen MR) is 64.4 cm³/mol. The maximum Gasteiger partial charge on any atom is 0.407 e. The first kappa shape index (κ1) is 13.0. The summed E-state index contributed by atoms with van der Waals surface area (Å²) in [6, 6.07) is 0. The zero-order valence-corrected chi connectivity index (χ0v) is 10.4.